The predicted octanol–water partition coefficient (Wildman–Crippen LogP) is 2.49. The fraction of sp³-hybridized carbons (Fsp3) is 0.700. The lowest BCUT2D eigenvalue weighted by molar-refractivity contribution is -0.121. The van der Waals surface area contributed by atoms with Gasteiger partial charge in [-0.25, -0.2) is 0 Å². The summed E-state index contributed by atoms with van der Waals surface area (Å²) in [7, 11) is 0. The number of carbonyl (C=O) groups excluding carboxylic acids is 2. The number of rotatable bonds is 8. The summed E-state index contributed by atoms with van der Waals surface area (Å²) in [5.74, 6) is 1.42. The molecule has 2 amide bonds. The Morgan fingerprint density at radius 2 is 1.96 bits per heavy atom. The molecule has 2 aliphatic rings. The van der Waals surface area contributed by atoms with Crippen LogP contribution in [-0.4, -0.2) is 60.4 Å². The van der Waals surface area contributed by atoms with Crippen LogP contribution in [0.4, 0.5) is 0 Å². The second-order valence-electron chi connectivity index (χ2n) is 7.56. The molecule has 6 nitrogen and oxygen atoms in total. The molecule has 0 unspecified atom stereocenters. The molecule has 6 heteroatoms. The standard InChI is InChI=1S/C20H31N3O3/c1-15-14-18(16(2)26-15)20(25)23(17-6-7-17)12-8-19(24)21-9-13-22-10-4-3-5-11-22/h14,17H,3-13H2,1-2H3,(H,21,24). The number of nitrogens with one attached hydrogen (secondary N) is 1. The highest BCUT2D eigenvalue weighted by Crippen LogP contribution is 2.29. The average molecular weight is 361 g/mol. The molecule has 1 N–H and O–H groups in total. The zero-order valence-corrected chi connectivity index (χ0v) is 16.1. The van der Waals surface area contributed by atoms with E-state index in [4.69, 9.17) is 4.42 Å². The summed E-state index contributed by atoms with van der Waals surface area (Å²) < 4.78 is 5.49. The molecule has 2 fully saturated rings. The lowest BCUT2D eigenvalue weighted by Crippen LogP contribution is -2.40. The van der Waals surface area contributed by atoms with E-state index in [2.05, 4.69) is 10.2 Å². The van der Waals surface area contributed by atoms with Crippen molar-refractivity contribution in [2.24, 2.45) is 0 Å². The van der Waals surface area contributed by atoms with Crippen LogP contribution in [0.15, 0.2) is 10.5 Å². The fourth-order valence-electron chi connectivity index (χ4n) is 3.68. The second kappa shape index (κ2) is 8.71. The number of aryl methyl sites for hydroxylation is 2. The van der Waals surface area contributed by atoms with Crippen LogP contribution in [0.3, 0.4) is 0 Å². The van der Waals surface area contributed by atoms with Crippen molar-refractivity contribution in [1.82, 2.24) is 15.1 Å². The van der Waals surface area contributed by atoms with Gasteiger partial charge in [-0.2, -0.15) is 0 Å². The van der Waals surface area contributed by atoms with Gasteiger partial charge in [-0.1, -0.05) is 6.42 Å². The van der Waals surface area contributed by atoms with Crippen LogP contribution >= 0.6 is 0 Å². The minimum Gasteiger partial charge on any atom is -0.466 e. The van der Waals surface area contributed by atoms with Gasteiger partial charge < -0.3 is 19.5 Å². The molecular formula is C20H31N3O3. The summed E-state index contributed by atoms with van der Waals surface area (Å²) in [4.78, 5) is 29.3. The first-order valence-electron chi connectivity index (χ1n) is 9.91. The summed E-state index contributed by atoms with van der Waals surface area (Å²) in [5.41, 5.74) is 0.625. The molecule has 1 saturated heterocycles. The van der Waals surface area contributed by atoms with Crippen LogP contribution in [0.5, 0.6) is 0 Å². The monoisotopic (exact) mass is 361 g/mol. The van der Waals surface area contributed by atoms with E-state index in [-0.39, 0.29) is 17.9 Å². The number of furan rings is 1. The number of carbonyl (C=O) groups is 2. The van der Waals surface area contributed by atoms with Crippen LogP contribution in [0.25, 0.3) is 0 Å². The molecule has 2 heterocycles. The van der Waals surface area contributed by atoms with Crippen molar-refractivity contribution in [3.8, 4) is 0 Å². The SMILES string of the molecule is Cc1cc(C(=O)N(CCC(=O)NCCN2CCCCC2)C2CC2)c(C)o1. The van der Waals surface area contributed by atoms with Crippen molar-refractivity contribution >= 4 is 11.8 Å². The highest BCUT2D eigenvalue weighted by Gasteiger charge is 2.34. The topological polar surface area (TPSA) is 65.8 Å². The van der Waals surface area contributed by atoms with E-state index in [9.17, 15) is 9.59 Å². The number of piperidine rings is 1. The van der Waals surface area contributed by atoms with Gasteiger partial charge in [-0.05, 0) is 58.7 Å². The van der Waals surface area contributed by atoms with Gasteiger partial charge >= 0.3 is 0 Å². The Morgan fingerprint density at radius 3 is 2.58 bits per heavy atom. The molecule has 26 heavy (non-hydrogen) atoms. The Balaban J connectivity index is 1.44. The first kappa shape index (κ1) is 19.0. The first-order valence-corrected chi connectivity index (χ1v) is 9.91. The van der Waals surface area contributed by atoms with Gasteiger partial charge in [0.15, 0.2) is 0 Å². The highest BCUT2D eigenvalue weighted by atomic mass is 16.3. The van der Waals surface area contributed by atoms with Crippen LogP contribution in [0.2, 0.25) is 0 Å². The molecule has 0 spiro atoms. The third-order valence-corrected chi connectivity index (χ3v) is 5.30. The molecule has 1 aromatic rings. The number of hydrogen-bond donors (Lipinski definition) is 1. The van der Waals surface area contributed by atoms with Crippen LogP contribution in [0, 0.1) is 13.8 Å². The summed E-state index contributed by atoms with van der Waals surface area (Å²) in [6.07, 6.45) is 6.26. The van der Waals surface area contributed by atoms with E-state index >= 15 is 0 Å². The minimum atomic E-state index is -0.0111. The van der Waals surface area contributed by atoms with E-state index < -0.39 is 0 Å². The van der Waals surface area contributed by atoms with E-state index in [0.29, 0.717) is 30.8 Å². The van der Waals surface area contributed by atoms with Crippen LogP contribution < -0.4 is 5.32 Å². The van der Waals surface area contributed by atoms with Crippen molar-refractivity contribution in [1.29, 1.82) is 0 Å². The molecule has 1 saturated carbocycles. The van der Waals surface area contributed by atoms with Gasteiger partial charge in [-0.3, -0.25) is 9.59 Å². The second-order valence-corrected chi connectivity index (χ2v) is 7.56. The van der Waals surface area contributed by atoms with Gasteiger partial charge in [0.25, 0.3) is 5.91 Å². The maximum atomic E-state index is 12.8. The molecule has 0 atom stereocenters. The molecular weight excluding hydrogens is 330 g/mol. The predicted molar refractivity (Wildman–Crippen MR) is 100 cm³/mol. The third kappa shape index (κ3) is 5.10. The Kier molecular flexibility index (Phi) is 6.35. The summed E-state index contributed by atoms with van der Waals surface area (Å²) in [5, 5.41) is 3.00. The first-order chi connectivity index (χ1) is 12.5. The lowest BCUT2D eigenvalue weighted by Gasteiger charge is -2.26. The van der Waals surface area contributed by atoms with Gasteiger partial charge in [0, 0.05) is 32.1 Å². The Bertz CT molecular complexity index is 630. The zero-order chi connectivity index (χ0) is 18.5. The molecule has 0 aromatic carbocycles. The smallest absolute Gasteiger partial charge is 0.257 e. The normalized spacial score (nSPS) is 17.9. The van der Waals surface area contributed by atoms with Crippen LogP contribution in [0.1, 0.15) is 60.4 Å². The molecule has 0 radical (unpaired) electrons. The maximum absolute atomic E-state index is 12.8. The summed E-state index contributed by atoms with van der Waals surface area (Å²) in [6, 6.07) is 2.07. The van der Waals surface area contributed by atoms with Crippen molar-refractivity contribution in [2.45, 2.75) is 58.4 Å². The van der Waals surface area contributed by atoms with Crippen molar-refractivity contribution in [3.05, 3.63) is 23.2 Å². The van der Waals surface area contributed by atoms with Gasteiger partial charge in [0.2, 0.25) is 5.91 Å². The molecule has 144 valence electrons. The summed E-state index contributed by atoms with van der Waals surface area (Å²) in [6.45, 7) is 8.04. The Labute approximate surface area is 155 Å². The van der Waals surface area contributed by atoms with E-state index in [1.165, 1.54) is 19.3 Å². The van der Waals surface area contributed by atoms with Crippen molar-refractivity contribution in [2.75, 3.05) is 32.7 Å². The number of likely N-dealkylation sites (tertiary alicyclic amines) is 1. The minimum absolute atomic E-state index is 0.0111. The van der Waals surface area contributed by atoms with Gasteiger partial charge in [0.05, 0.1) is 5.56 Å². The van der Waals surface area contributed by atoms with E-state index in [0.717, 1.165) is 38.2 Å². The fourth-order valence-corrected chi connectivity index (χ4v) is 3.68. The number of nitrogens with zero attached hydrogens (tertiary/aromatic N) is 2. The molecule has 1 aromatic heterocycles. The zero-order valence-electron chi connectivity index (χ0n) is 16.1. The van der Waals surface area contributed by atoms with Crippen molar-refractivity contribution in [3.63, 3.8) is 0 Å². The van der Waals surface area contributed by atoms with Crippen LogP contribution in [-0.2, 0) is 4.79 Å². The maximum Gasteiger partial charge on any atom is 0.257 e. The van der Waals surface area contributed by atoms with E-state index in [1.54, 1.807) is 6.07 Å². The largest absolute Gasteiger partial charge is 0.466 e. The highest BCUT2D eigenvalue weighted by molar-refractivity contribution is 5.96. The molecule has 1 aliphatic carbocycles. The Morgan fingerprint density at radius 1 is 1.23 bits per heavy atom. The van der Waals surface area contributed by atoms with Gasteiger partial charge in [0.1, 0.15) is 11.5 Å². The third-order valence-electron chi connectivity index (χ3n) is 5.30. The summed E-state index contributed by atoms with van der Waals surface area (Å²) >= 11 is 0. The quantitative estimate of drug-likeness (QED) is 0.773. The average Bonchev–Trinajstić information content (AvgIpc) is 3.40. The number of amides is 2. The van der Waals surface area contributed by atoms with Gasteiger partial charge in [-0.15, -0.1) is 0 Å². The Hall–Kier alpha value is -1.82. The number of hydrogen-bond acceptors (Lipinski definition) is 4. The lowest BCUT2D eigenvalue weighted by atomic mass is 10.1. The van der Waals surface area contributed by atoms with E-state index in [1.807, 2.05) is 18.7 Å². The molecule has 1 aliphatic heterocycles. The molecule has 3 rings (SSSR count). The van der Waals surface area contributed by atoms with Crippen molar-refractivity contribution < 1.29 is 14.0 Å². The molecule has 0 bridgehead atoms.